The van der Waals surface area contributed by atoms with E-state index in [1.807, 2.05) is 6.08 Å². The average molecular weight is 364 g/mol. The Labute approximate surface area is 155 Å². The second kappa shape index (κ2) is 7.17. The van der Waals surface area contributed by atoms with E-state index < -0.39 is 11.7 Å². The second-order valence-electron chi connectivity index (χ2n) is 8.79. The smallest absolute Gasteiger partial charge is 0.155 e. The number of hydrogen-bond acceptors (Lipinski definition) is 5. The molecule has 0 spiro atoms. The summed E-state index contributed by atoms with van der Waals surface area (Å²) in [6.45, 7) is 4.13. The largest absolute Gasteiger partial charge is 0.397 e. The predicted molar refractivity (Wildman–Crippen MR) is 97.3 cm³/mol. The normalized spacial score (nSPS) is 46.9. The van der Waals surface area contributed by atoms with Gasteiger partial charge in [-0.3, -0.25) is 4.79 Å². The van der Waals surface area contributed by atoms with Gasteiger partial charge in [-0.2, -0.15) is 0 Å². The number of hydrogen-bond donors (Lipinski definition) is 3. The van der Waals surface area contributed by atoms with Crippen LogP contribution in [0.15, 0.2) is 11.6 Å². The summed E-state index contributed by atoms with van der Waals surface area (Å²) in [6.07, 6.45) is 7.19. The molecular formula is C21H32O5. The van der Waals surface area contributed by atoms with Gasteiger partial charge in [-0.25, -0.2) is 0 Å². The van der Waals surface area contributed by atoms with Crippen molar-refractivity contribution in [1.29, 1.82) is 0 Å². The molecule has 26 heavy (non-hydrogen) atoms. The fourth-order valence-electron chi connectivity index (χ4n) is 6.52. The summed E-state index contributed by atoms with van der Waals surface area (Å²) in [5.74, 6) is 0.345. The molecule has 0 amide bonds. The van der Waals surface area contributed by atoms with Crippen molar-refractivity contribution in [2.75, 3.05) is 6.61 Å². The second-order valence-corrected chi connectivity index (χ2v) is 8.79. The molecule has 0 bridgehead atoms. The summed E-state index contributed by atoms with van der Waals surface area (Å²) < 4.78 is 0. The number of carbonyl (C=O) groups excluding carboxylic acids is 2. The van der Waals surface area contributed by atoms with Crippen LogP contribution in [0.3, 0.4) is 0 Å². The van der Waals surface area contributed by atoms with Gasteiger partial charge in [0, 0.05) is 25.4 Å². The summed E-state index contributed by atoms with van der Waals surface area (Å²) in [7, 11) is 0. The minimum Gasteiger partial charge on any atom is -0.397 e. The van der Waals surface area contributed by atoms with Crippen LogP contribution in [-0.4, -0.2) is 45.7 Å². The fourth-order valence-corrected chi connectivity index (χ4v) is 6.52. The summed E-state index contributed by atoms with van der Waals surface area (Å²) in [5, 5.41) is 29.6. The Morgan fingerprint density at radius 3 is 2.62 bits per heavy atom. The summed E-state index contributed by atoms with van der Waals surface area (Å²) in [5.41, 5.74) is 0.0470. The molecule has 0 aliphatic heterocycles. The molecular weight excluding hydrogens is 332 g/mol. The number of carbonyl (C=O) groups is 2. The highest BCUT2D eigenvalue weighted by Crippen LogP contribution is 2.63. The van der Waals surface area contributed by atoms with Crippen LogP contribution >= 0.6 is 0 Å². The van der Waals surface area contributed by atoms with E-state index in [9.17, 15) is 19.8 Å². The van der Waals surface area contributed by atoms with Gasteiger partial charge in [-0.05, 0) is 68.3 Å². The number of aliphatic hydroxyl groups excluding tert-OH is 2. The number of fused-ring (bicyclic) bond motifs is 5. The van der Waals surface area contributed by atoms with Crippen LogP contribution in [0.2, 0.25) is 0 Å². The maximum Gasteiger partial charge on any atom is 0.155 e. The Morgan fingerprint density at radius 1 is 1.27 bits per heavy atom. The molecule has 0 saturated heterocycles. The standard InChI is InChI=1S/C19H26O4.C2H6O/c1-18-7-6-13(21)8-11(18)2-4-14-15-5-3-12(10-20)19(15,23)9-16(22)17(14)18;1-2-3/h8,10,12,14-17,22-23H,2-7,9H2,1H3;3H,2H2,1H3. The highest BCUT2D eigenvalue weighted by atomic mass is 16.3. The first-order chi connectivity index (χ1) is 12.3. The first-order valence-electron chi connectivity index (χ1n) is 10.0. The van der Waals surface area contributed by atoms with Crippen LogP contribution in [0.1, 0.15) is 58.8 Å². The Bertz CT molecular complexity index is 599. The lowest BCUT2D eigenvalue weighted by Crippen LogP contribution is -2.60. The Kier molecular flexibility index (Phi) is 5.44. The van der Waals surface area contributed by atoms with Crippen molar-refractivity contribution >= 4 is 12.1 Å². The molecule has 7 unspecified atom stereocenters. The first kappa shape index (κ1) is 19.7. The lowest BCUT2D eigenvalue weighted by molar-refractivity contribution is -0.175. The SMILES string of the molecule is CC12CCC(=O)C=C1CCC1C2C(O)CC2(O)C(C=O)CCC12.CCO. The highest BCUT2D eigenvalue weighted by Gasteiger charge is 2.63. The zero-order valence-electron chi connectivity index (χ0n) is 15.9. The third kappa shape index (κ3) is 2.88. The third-order valence-electron chi connectivity index (χ3n) is 7.61. The van der Waals surface area contributed by atoms with E-state index in [2.05, 4.69) is 6.92 Å². The molecule has 0 aromatic heterocycles. The molecule has 3 saturated carbocycles. The number of rotatable bonds is 1. The molecule has 146 valence electrons. The minimum absolute atomic E-state index is 0.103. The monoisotopic (exact) mass is 364 g/mol. The summed E-state index contributed by atoms with van der Waals surface area (Å²) in [4.78, 5) is 23.2. The van der Waals surface area contributed by atoms with E-state index in [-0.39, 0.29) is 41.5 Å². The summed E-state index contributed by atoms with van der Waals surface area (Å²) >= 11 is 0. The lowest BCUT2D eigenvalue weighted by Gasteiger charge is -2.58. The van der Waals surface area contributed by atoms with Crippen molar-refractivity contribution in [2.45, 2.75) is 70.5 Å². The fraction of sp³-hybridized carbons (Fsp3) is 0.810. The van der Waals surface area contributed by atoms with Crippen molar-refractivity contribution in [3.63, 3.8) is 0 Å². The molecule has 0 aromatic rings. The van der Waals surface area contributed by atoms with Crippen molar-refractivity contribution in [2.24, 2.45) is 29.1 Å². The van der Waals surface area contributed by atoms with Crippen LogP contribution in [0.25, 0.3) is 0 Å². The van der Waals surface area contributed by atoms with Gasteiger partial charge in [0.15, 0.2) is 5.78 Å². The first-order valence-corrected chi connectivity index (χ1v) is 10.0. The summed E-state index contributed by atoms with van der Waals surface area (Å²) in [6, 6.07) is 0. The number of allylic oxidation sites excluding steroid dienone is 1. The zero-order valence-corrected chi connectivity index (χ0v) is 15.9. The Balaban J connectivity index is 0.000000613. The molecule has 0 heterocycles. The predicted octanol–water partition coefficient (Wildman–Crippen LogP) is 2.03. The van der Waals surface area contributed by atoms with Crippen molar-refractivity contribution < 1.29 is 24.9 Å². The molecule has 3 fully saturated rings. The number of aliphatic hydroxyl groups is 3. The molecule has 3 N–H and O–H groups in total. The maximum atomic E-state index is 11.8. The highest BCUT2D eigenvalue weighted by molar-refractivity contribution is 5.91. The molecule has 7 atom stereocenters. The van der Waals surface area contributed by atoms with E-state index in [0.717, 1.165) is 38.4 Å². The van der Waals surface area contributed by atoms with Crippen LogP contribution in [-0.2, 0) is 9.59 Å². The molecule has 5 nitrogen and oxygen atoms in total. The Hall–Kier alpha value is -1.04. The molecule has 4 rings (SSSR count). The van der Waals surface area contributed by atoms with Gasteiger partial charge in [0.1, 0.15) is 6.29 Å². The van der Waals surface area contributed by atoms with Gasteiger partial charge < -0.3 is 20.1 Å². The van der Waals surface area contributed by atoms with Crippen molar-refractivity contribution in [3.05, 3.63) is 11.6 Å². The van der Waals surface area contributed by atoms with Gasteiger partial charge in [0.05, 0.1) is 11.7 Å². The van der Waals surface area contributed by atoms with E-state index in [1.54, 1.807) is 6.92 Å². The molecule has 0 radical (unpaired) electrons. The molecule has 0 aromatic carbocycles. The van der Waals surface area contributed by atoms with Gasteiger partial charge in [0.2, 0.25) is 0 Å². The van der Waals surface area contributed by atoms with Gasteiger partial charge in [-0.15, -0.1) is 0 Å². The third-order valence-corrected chi connectivity index (χ3v) is 7.61. The van der Waals surface area contributed by atoms with E-state index in [0.29, 0.717) is 12.8 Å². The molecule has 4 aliphatic rings. The van der Waals surface area contributed by atoms with E-state index >= 15 is 0 Å². The van der Waals surface area contributed by atoms with Crippen LogP contribution in [0, 0.1) is 29.1 Å². The quantitative estimate of drug-likeness (QED) is 0.619. The topological polar surface area (TPSA) is 94.8 Å². The van der Waals surface area contributed by atoms with Crippen LogP contribution < -0.4 is 0 Å². The lowest BCUT2D eigenvalue weighted by atomic mass is 9.48. The average Bonchev–Trinajstić information content (AvgIpc) is 2.91. The zero-order chi connectivity index (χ0) is 19.1. The number of ketones is 1. The van der Waals surface area contributed by atoms with Crippen molar-refractivity contribution in [3.8, 4) is 0 Å². The van der Waals surface area contributed by atoms with Crippen molar-refractivity contribution in [1.82, 2.24) is 0 Å². The number of aldehydes is 1. The van der Waals surface area contributed by atoms with Gasteiger partial charge >= 0.3 is 0 Å². The van der Waals surface area contributed by atoms with E-state index in [1.165, 1.54) is 5.57 Å². The van der Waals surface area contributed by atoms with Gasteiger partial charge in [-0.1, -0.05) is 12.5 Å². The maximum absolute atomic E-state index is 11.8. The van der Waals surface area contributed by atoms with Gasteiger partial charge in [0.25, 0.3) is 0 Å². The Morgan fingerprint density at radius 2 is 1.96 bits per heavy atom. The minimum atomic E-state index is -1.02. The molecule has 5 heteroatoms. The van der Waals surface area contributed by atoms with E-state index in [4.69, 9.17) is 5.11 Å². The van der Waals surface area contributed by atoms with Crippen LogP contribution in [0.4, 0.5) is 0 Å². The van der Waals surface area contributed by atoms with Crippen LogP contribution in [0.5, 0.6) is 0 Å². The molecule has 4 aliphatic carbocycles.